The van der Waals surface area contributed by atoms with Crippen molar-refractivity contribution in [3.05, 3.63) is 40.2 Å². The minimum atomic E-state index is -0.946. The van der Waals surface area contributed by atoms with Crippen molar-refractivity contribution in [2.45, 2.75) is 31.4 Å². The quantitative estimate of drug-likeness (QED) is 0.578. The molecule has 0 aliphatic carbocycles. The Kier molecular flexibility index (Phi) is 3.98. The van der Waals surface area contributed by atoms with Gasteiger partial charge in [0.25, 0.3) is 0 Å². The Morgan fingerprint density at radius 1 is 1.53 bits per heavy atom. The first-order valence-corrected chi connectivity index (χ1v) is 8.73. The van der Waals surface area contributed by atoms with Crippen molar-refractivity contribution in [1.29, 1.82) is 0 Å². The van der Waals surface area contributed by atoms with E-state index in [4.69, 9.17) is 33.9 Å². The zero-order valence-corrected chi connectivity index (χ0v) is 12.6. The summed E-state index contributed by atoms with van der Waals surface area (Å²) >= 11 is 12.5. The van der Waals surface area contributed by atoms with E-state index in [0.29, 0.717) is 16.8 Å². The van der Waals surface area contributed by atoms with Crippen LogP contribution in [0.15, 0.2) is 18.2 Å². The Morgan fingerprint density at radius 2 is 2.37 bits per heavy atom. The molecule has 100 valence electrons. The van der Waals surface area contributed by atoms with Crippen LogP contribution < -0.4 is 0 Å². The largest absolute Gasteiger partial charge is 0.326 e. The molecule has 0 amide bonds. The SMILES string of the molecule is [C-]#[N+]c1ccc(C[C@H]2OP(Cl)N3CCC[C@@H]23)c(Cl)c1. The lowest BCUT2D eigenvalue weighted by molar-refractivity contribution is 0.211. The Hall–Kier alpha value is -0.360. The Balaban J connectivity index is 1.77. The van der Waals surface area contributed by atoms with Gasteiger partial charge in [-0.3, -0.25) is 0 Å². The summed E-state index contributed by atoms with van der Waals surface area (Å²) in [4.78, 5) is 3.38. The monoisotopic (exact) mass is 314 g/mol. The van der Waals surface area contributed by atoms with Gasteiger partial charge in [-0.1, -0.05) is 23.7 Å². The first-order chi connectivity index (χ1) is 9.19. The van der Waals surface area contributed by atoms with E-state index in [1.165, 1.54) is 6.42 Å². The molecule has 1 aromatic carbocycles. The molecule has 0 saturated carbocycles. The van der Waals surface area contributed by atoms with Crippen molar-refractivity contribution in [2.24, 2.45) is 0 Å². The summed E-state index contributed by atoms with van der Waals surface area (Å²) in [5.74, 6) is 0. The third kappa shape index (κ3) is 2.61. The minimum Gasteiger partial charge on any atom is -0.326 e. The van der Waals surface area contributed by atoms with Crippen LogP contribution in [0.25, 0.3) is 4.85 Å². The fraction of sp³-hybridized carbons (Fsp3) is 0.462. The second-order valence-corrected chi connectivity index (χ2v) is 7.29. The fourth-order valence-electron chi connectivity index (χ4n) is 2.75. The molecule has 6 heteroatoms. The summed E-state index contributed by atoms with van der Waals surface area (Å²) in [6.07, 6.45) is 3.24. The van der Waals surface area contributed by atoms with Gasteiger partial charge in [-0.15, -0.1) is 0 Å². The van der Waals surface area contributed by atoms with E-state index < -0.39 is 7.65 Å². The van der Waals surface area contributed by atoms with Crippen molar-refractivity contribution in [1.82, 2.24) is 4.67 Å². The van der Waals surface area contributed by atoms with Gasteiger partial charge in [0.2, 0.25) is 7.65 Å². The van der Waals surface area contributed by atoms with Crippen LogP contribution in [0, 0.1) is 6.57 Å². The summed E-state index contributed by atoms with van der Waals surface area (Å²) in [6.45, 7) is 8.02. The molecule has 2 saturated heterocycles. The second-order valence-electron chi connectivity index (χ2n) is 4.83. The van der Waals surface area contributed by atoms with E-state index in [-0.39, 0.29) is 6.10 Å². The van der Waals surface area contributed by atoms with E-state index in [2.05, 4.69) is 9.52 Å². The van der Waals surface area contributed by atoms with Crippen LogP contribution in [-0.2, 0) is 10.9 Å². The van der Waals surface area contributed by atoms with E-state index in [9.17, 15) is 0 Å². The van der Waals surface area contributed by atoms with Gasteiger partial charge in [-0.05, 0) is 35.7 Å². The molecule has 1 unspecified atom stereocenters. The van der Waals surface area contributed by atoms with Crippen LogP contribution in [0.2, 0.25) is 5.02 Å². The third-order valence-corrected chi connectivity index (χ3v) is 6.23. The molecule has 3 rings (SSSR count). The maximum atomic E-state index is 6.98. The van der Waals surface area contributed by atoms with E-state index >= 15 is 0 Å². The maximum absolute atomic E-state index is 6.98. The van der Waals surface area contributed by atoms with Gasteiger partial charge >= 0.3 is 0 Å². The second kappa shape index (κ2) is 5.56. The molecule has 19 heavy (non-hydrogen) atoms. The Morgan fingerprint density at radius 3 is 3.11 bits per heavy atom. The molecule has 2 aliphatic heterocycles. The minimum absolute atomic E-state index is 0.127. The first-order valence-electron chi connectivity index (χ1n) is 6.24. The van der Waals surface area contributed by atoms with Crippen molar-refractivity contribution >= 4 is 36.2 Å². The standard InChI is InChI=1S/C13H13Cl2N2OP/c1-16-10-5-4-9(11(14)8-10)7-13-12-3-2-6-17(12)19(15)18-13/h4-5,8,12-13H,2-3,6-7H2/t12-,13+,19?/m0/s1. The van der Waals surface area contributed by atoms with Crippen molar-refractivity contribution in [3.63, 3.8) is 0 Å². The number of hydrogen-bond acceptors (Lipinski definition) is 2. The zero-order valence-electron chi connectivity index (χ0n) is 10.2. The number of halogens is 2. The molecule has 0 aromatic heterocycles. The van der Waals surface area contributed by atoms with E-state index in [1.807, 2.05) is 6.07 Å². The molecule has 0 spiro atoms. The van der Waals surface area contributed by atoms with Crippen molar-refractivity contribution in [3.8, 4) is 0 Å². The molecular weight excluding hydrogens is 302 g/mol. The Labute approximate surface area is 123 Å². The average molecular weight is 315 g/mol. The van der Waals surface area contributed by atoms with Gasteiger partial charge in [-0.2, -0.15) is 0 Å². The third-order valence-electron chi connectivity index (χ3n) is 3.71. The van der Waals surface area contributed by atoms with Crippen molar-refractivity contribution < 1.29 is 4.52 Å². The van der Waals surface area contributed by atoms with Gasteiger partial charge in [0.1, 0.15) is 0 Å². The molecular formula is C13H13Cl2N2OP. The lowest BCUT2D eigenvalue weighted by Crippen LogP contribution is -2.29. The van der Waals surface area contributed by atoms with Crippen LogP contribution in [0.5, 0.6) is 0 Å². The van der Waals surface area contributed by atoms with E-state index in [0.717, 1.165) is 24.9 Å². The summed E-state index contributed by atoms with van der Waals surface area (Å²) < 4.78 is 8.16. The normalized spacial score (nSPS) is 30.3. The number of fused-ring (bicyclic) bond motifs is 1. The molecule has 0 radical (unpaired) electrons. The molecule has 2 heterocycles. The molecule has 0 N–H and O–H groups in total. The smallest absolute Gasteiger partial charge is 0.207 e. The van der Waals surface area contributed by atoms with Gasteiger partial charge in [0, 0.05) is 24.0 Å². The van der Waals surface area contributed by atoms with Crippen molar-refractivity contribution in [2.75, 3.05) is 6.54 Å². The van der Waals surface area contributed by atoms with Gasteiger partial charge in [-0.25, -0.2) is 9.52 Å². The predicted molar refractivity (Wildman–Crippen MR) is 78.8 cm³/mol. The summed E-state index contributed by atoms with van der Waals surface area (Å²) in [5.41, 5.74) is 1.61. The summed E-state index contributed by atoms with van der Waals surface area (Å²) in [5, 5.41) is 0.646. The predicted octanol–water partition coefficient (Wildman–Crippen LogP) is 4.76. The summed E-state index contributed by atoms with van der Waals surface area (Å²) in [7, 11) is -0.946. The molecule has 3 nitrogen and oxygen atoms in total. The first kappa shape index (κ1) is 13.6. The van der Waals surface area contributed by atoms with Gasteiger partial charge < -0.3 is 4.52 Å². The number of nitrogens with zero attached hydrogens (tertiary/aromatic N) is 2. The average Bonchev–Trinajstić information content (AvgIpc) is 2.98. The highest BCUT2D eigenvalue weighted by Crippen LogP contribution is 2.58. The molecule has 1 aromatic rings. The topological polar surface area (TPSA) is 16.8 Å². The van der Waals surface area contributed by atoms with Crippen LogP contribution in [0.3, 0.4) is 0 Å². The highest BCUT2D eigenvalue weighted by molar-refractivity contribution is 7.78. The Bertz CT molecular complexity index is 534. The number of rotatable bonds is 2. The maximum Gasteiger partial charge on any atom is 0.207 e. The lowest BCUT2D eigenvalue weighted by atomic mass is 10.0. The number of hydrogen-bond donors (Lipinski definition) is 0. The fourth-order valence-corrected chi connectivity index (χ4v) is 5.23. The summed E-state index contributed by atoms with van der Waals surface area (Å²) in [6, 6.07) is 5.88. The highest BCUT2D eigenvalue weighted by Gasteiger charge is 2.44. The van der Waals surface area contributed by atoms with Crippen LogP contribution in [-0.4, -0.2) is 23.4 Å². The van der Waals surface area contributed by atoms with Gasteiger partial charge in [0.15, 0.2) is 5.69 Å². The van der Waals surface area contributed by atoms with Crippen LogP contribution >= 0.6 is 30.5 Å². The molecule has 3 atom stereocenters. The van der Waals surface area contributed by atoms with Crippen LogP contribution in [0.4, 0.5) is 5.69 Å². The van der Waals surface area contributed by atoms with Gasteiger partial charge in [0.05, 0.1) is 12.7 Å². The lowest BCUT2D eigenvalue weighted by Gasteiger charge is -2.17. The zero-order chi connectivity index (χ0) is 13.4. The molecule has 2 aliphatic rings. The van der Waals surface area contributed by atoms with E-state index in [1.54, 1.807) is 12.1 Å². The molecule has 0 bridgehead atoms. The highest BCUT2D eigenvalue weighted by atomic mass is 35.7. The number of benzene rings is 1. The van der Waals surface area contributed by atoms with Crippen LogP contribution in [0.1, 0.15) is 18.4 Å². The molecule has 2 fully saturated rings.